The maximum atomic E-state index is 9.51. The van der Waals surface area contributed by atoms with Crippen molar-refractivity contribution in [3.63, 3.8) is 0 Å². The molecule has 0 saturated heterocycles. The first-order valence-corrected chi connectivity index (χ1v) is 5.88. The van der Waals surface area contributed by atoms with Crippen LogP contribution in [0.1, 0.15) is 46.1 Å². The van der Waals surface area contributed by atoms with E-state index in [1.165, 1.54) is 5.56 Å². The number of hydrogen-bond donors (Lipinski definition) is 1. The summed E-state index contributed by atoms with van der Waals surface area (Å²) in [6.07, 6.45) is 0.896. The molecule has 90 valence electrons. The SMILES string of the molecule is CCCC(O)Oc1ccc(C(C)(C)C)cc1. The quantitative estimate of drug-likeness (QED) is 0.790. The van der Waals surface area contributed by atoms with Crippen molar-refractivity contribution in [3.8, 4) is 5.75 Å². The van der Waals surface area contributed by atoms with Gasteiger partial charge in [-0.1, -0.05) is 46.2 Å². The molecule has 1 rings (SSSR count). The standard InChI is InChI=1S/C14H22O2/c1-5-6-13(15)16-12-9-7-11(8-10-12)14(2,3)4/h7-10,13,15H,5-6H2,1-4H3. The molecule has 0 amide bonds. The first-order chi connectivity index (χ1) is 7.43. The number of rotatable bonds is 4. The highest BCUT2D eigenvalue weighted by Gasteiger charge is 2.13. The molecule has 1 aromatic carbocycles. The maximum Gasteiger partial charge on any atom is 0.197 e. The predicted octanol–water partition coefficient (Wildman–Crippen LogP) is 3.48. The second-order valence-corrected chi connectivity index (χ2v) is 5.14. The van der Waals surface area contributed by atoms with Crippen LogP contribution in [0.5, 0.6) is 5.75 Å². The number of hydrogen-bond acceptors (Lipinski definition) is 2. The van der Waals surface area contributed by atoms with Gasteiger partial charge in [-0.15, -0.1) is 0 Å². The Bertz CT molecular complexity index is 309. The van der Waals surface area contributed by atoms with E-state index in [1.807, 2.05) is 31.2 Å². The van der Waals surface area contributed by atoms with Crippen molar-refractivity contribution in [1.82, 2.24) is 0 Å². The van der Waals surface area contributed by atoms with E-state index in [-0.39, 0.29) is 5.41 Å². The predicted molar refractivity (Wildman–Crippen MR) is 66.7 cm³/mol. The van der Waals surface area contributed by atoms with Gasteiger partial charge in [0.2, 0.25) is 0 Å². The van der Waals surface area contributed by atoms with Gasteiger partial charge in [-0.2, -0.15) is 0 Å². The van der Waals surface area contributed by atoms with Gasteiger partial charge in [0.15, 0.2) is 6.29 Å². The van der Waals surface area contributed by atoms with Crippen LogP contribution in [0, 0.1) is 0 Å². The Balaban J connectivity index is 2.65. The maximum absolute atomic E-state index is 9.51. The summed E-state index contributed by atoms with van der Waals surface area (Å²) < 4.78 is 5.38. The highest BCUT2D eigenvalue weighted by Crippen LogP contribution is 2.24. The van der Waals surface area contributed by atoms with Crippen LogP contribution in [0.3, 0.4) is 0 Å². The van der Waals surface area contributed by atoms with Crippen LogP contribution in [0.15, 0.2) is 24.3 Å². The molecule has 0 aromatic heterocycles. The molecule has 0 spiro atoms. The van der Waals surface area contributed by atoms with Crippen molar-refractivity contribution in [2.45, 2.75) is 52.2 Å². The van der Waals surface area contributed by atoms with E-state index >= 15 is 0 Å². The molecule has 1 N–H and O–H groups in total. The fraction of sp³-hybridized carbons (Fsp3) is 0.571. The van der Waals surface area contributed by atoms with Crippen LogP contribution in [0.4, 0.5) is 0 Å². The first-order valence-electron chi connectivity index (χ1n) is 5.88. The lowest BCUT2D eigenvalue weighted by atomic mass is 9.87. The van der Waals surface area contributed by atoms with Crippen LogP contribution in [0.2, 0.25) is 0 Å². The first kappa shape index (κ1) is 13.0. The van der Waals surface area contributed by atoms with Crippen molar-refractivity contribution >= 4 is 0 Å². The van der Waals surface area contributed by atoms with Crippen LogP contribution in [-0.2, 0) is 5.41 Å². The van der Waals surface area contributed by atoms with Crippen LogP contribution in [0.25, 0.3) is 0 Å². The van der Waals surface area contributed by atoms with Gasteiger partial charge in [-0.3, -0.25) is 0 Å². The van der Waals surface area contributed by atoms with Gasteiger partial charge in [-0.25, -0.2) is 0 Å². The lowest BCUT2D eigenvalue weighted by Crippen LogP contribution is -2.15. The third kappa shape index (κ3) is 3.86. The summed E-state index contributed by atoms with van der Waals surface area (Å²) in [6, 6.07) is 7.93. The van der Waals surface area contributed by atoms with Gasteiger partial charge in [0.05, 0.1) is 0 Å². The number of aliphatic hydroxyl groups is 1. The minimum atomic E-state index is -0.689. The highest BCUT2D eigenvalue weighted by molar-refractivity contribution is 5.31. The van der Waals surface area contributed by atoms with Crippen LogP contribution in [-0.4, -0.2) is 11.4 Å². The van der Waals surface area contributed by atoms with Crippen molar-refractivity contribution in [3.05, 3.63) is 29.8 Å². The lowest BCUT2D eigenvalue weighted by Gasteiger charge is -2.19. The molecule has 0 radical (unpaired) electrons. The Kier molecular flexibility index (Phi) is 4.36. The van der Waals surface area contributed by atoms with Crippen molar-refractivity contribution in [1.29, 1.82) is 0 Å². The molecular formula is C14H22O2. The Labute approximate surface area is 98.3 Å². The Morgan fingerprint density at radius 2 is 1.75 bits per heavy atom. The molecule has 0 aliphatic rings. The molecule has 1 unspecified atom stereocenters. The average Bonchev–Trinajstić information content (AvgIpc) is 2.17. The smallest absolute Gasteiger partial charge is 0.197 e. The van der Waals surface area contributed by atoms with Crippen LogP contribution < -0.4 is 4.74 Å². The number of ether oxygens (including phenoxy) is 1. The summed E-state index contributed by atoms with van der Waals surface area (Å²) in [6.45, 7) is 8.55. The topological polar surface area (TPSA) is 29.5 Å². The molecule has 0 saturated carbocycles. The van der Waals surface area contributed by atoms with Gasteiger partial charge in [0, 0.05) is 6.42 Å². The Morgan fingerprint density at radius 1 is 1.19 bits per heavy atom. The number of aliphatic hydroxyl groups excluding tert-OH is 1. The molecule has 0 heterocycles. The zero-order chi connectivity index (χ0) is 12.2. The van der Waals surface area contributed by atoms with Crippen molar-refractivity contribution in [2.24, 2.45) is 0 Å². The van der Waals surface area contributed by atoms with Gasteiger partial charge in [0.25, 0.3) is 0 Å². The molecule has 2 heteroatoms. The van der Waals surface area contributed by atoms with Crippen molar-refractivity contribution < 1.29 is 9.84 Å². The van der Waals surface area contributed by atoms with E-state index in [0.29, 0.717) is 6.42 Å². The van der Waals surface area contributed by atoms with Gasteiger partial charge >= 0.3 is 0 Å². The molecule has 1 aromatic rings. The molecular weight excluding hydrogens is 200 g/mol. The normalized spacial score (nSPS) is 13.6. The summed E-state index contributed by atoms with van der Waals surface area (Å²) in [5.74, 6) is 0.731. The summed E-state index contributed by atoms with van der Waals surface area (Å²) in [7, 11) is 0. The van der Waals surface area contributed by atoms with Crippen molar-refractivity contribution in [2.75, 3.05) is 0 Å². The zero-order valence-corrected chi connectivity index (χ0v) is 10.7. The minimum Gasteiger partial charge on any atom is -0.465 e. The lowest BCUT2D eigenvalue weighted by molar-refractivity contribution is -0.0233. The van der Waals surface area contributed by atoms with E-state index in [2.05, 4.69) is 20.8 Å². The monoisotopic (exact) mass is 222 g/mol. The second-order valence-electron chi connectivity index (χ2n) is 5.14. The molecule has 1 atom stereocenters. The second kappa shape index (κ2) is 5.35. The van der Waals surface area contributed by atoms with E-state index < -0.39 is 6.29 Å². The molecule has 0 aliphatic carbocycles. The van der Waals surface area contributed by atoms with E-state index in [0.717, 1.165) is 12.2 Å². The van der Waals surface area contributed by atoms with E-state index in [9.17, 15) is 5.11 Å². The van der Waals surface area contributed by atoms with E-state index in [4.69, 9.17) is 4.74 Å². The van der Waals surface area contributed by atoms with Gasteiger partial charge < -0.3 is 9.84 Å². The summed E-state index contributed by atoms with van der Waals surface area (Å²) in [5.41, 5.74) is 1.42. The van der Waals surface area contributed by atoms with Crippen LogP contribution >= 0.6 is 0 Å². The highest BCUT2D eigenvalue weighted by atomic mass is 16.6. The third-order valence-electron chi connectivity index (χ3n) is 2.53. The largest absolute Gasteiger partial charge is 0.465 e. The Morgan fingerprint density at radius 3 is 2.19 bits per heavy atom. The third-order valence-corrected chi connectivity index (χ3v) is 2.53. The molecule has 16 heavy (non-hydrogen) atoms. The number of benzene rings is 1. The molecule has 0 bridgehead atoms. The van der Waals surface area contributed by atoms with E-state index in [1.54, 1.807) is 0 Å². The molecule has 0 aliphatic heterocycles. The summed E-state index contributed by atoms with van der Waals surface area (Å²) in [4.78, 5) is 0. The fourth-order valence-electron chi connectivity index (χ4n) is 1.50. The minimum absolute atomic E-state index is 0.153. The Hall–Kier alpha value is -1.02. The molecule has 0 fully saturated rings. The fourth-order valence-corrected chi connectivity index (χ4v) is 1.50. The molecule has 2 nitrogen and oxygen atoms in total. The zero-order valence-electron chi connectivity index (χ0n) is 10.7. The average molecular weight is 222 g/mol. The summed E-state index contributed by atoms with van der Waals surface area (Å²) in [5, 5.41) is 9.51. The van der Waals surface area contributed by atoms with Gasteiger partial charge in [-0.05, 0) is 23.1 Å². The summed E-state index contributed by atoms with van der Waals surface area (Å²) >= 11 is 0. The van der Waals surface area contributed by atoms with Gasteiger partial charge in [0.1, 0.15) is 5.75 Å².